The lowest BCUT2D eigenvalue weighted by Gasteiger charge is -2.49. The second-order valence-corrected chi connectivity index (χ2v) is 6.53. The van der Waals surface area contributed by atoms with Crippen molar-refractivity contribution in [3.8, 4) is 0 Å². The third kappa shape index (κ3) is 4.52. The fourth-order valence-electron chi connectivity index (χ4n) is 3.05. The van der Waals surface area contributed by atoms with Crippen LogP contribution in [0.4, 0.5) is 0 Å². The Morgan fingerprint density at radius 3 is 2.28 bits per heavy atom. The minimum atomic E-state index is 0.470. The molecule has 0 heterocycles. The van der Waals surface area contributed by atoms with E-state index in [0.29, 0.717) is 5.54 Å². The van der Waals surface area contributed by atoms with E-state index < -0.39 is 0 Å². The number of nitrogens with zero attached hydrogens (tertiary/aromatic N) is 2. The van der Waals surface area contributed by atoms with E-state index in [0.717, 1.165) is 12.5 Å². The average Bonchev–Trinajstić information content (AvgIpc) is 2.23. The molecular formula is C15H33N3. The van der Waals surface area contributed by atoms with Gasteiger partial charge in [-0.3, -0.25) is 0 Å². The molecule has 0 bridgehead atoms. The zero-order valence-corrected chi connectivity index (χ0v) is 12.9. The number of hydrogen-bond acceptors (Lipinski definition) is 3. The number of likely N-dealkylation sites (N-methyl/N-ethyl adjacent to an activating group) is 2. The number of rotatable bonds is 9. The predicted octanol–water partition coefficient (Wildman–Crippen LogP) is 2.17. The van der Waals surface area contributed by atoms with E-state index in [4.69, 9.17) is 5.73 Å². The Balaban J connectivity index is 2.19. The topological polar surface area (TPSA) is 32.5 Å². The van der Waals surface area contributed by atoms with Gasteiger partial charge >= 0.3 is 0 Å². The molecule has 0 radical (unpaired) electrons. The summed E-state index contributed by atoms with van der Waals surface area (Å²) in [5.41, 5.74) is 6.06. The van der Waals surface area contributed by atoms with Crippen molar-refractivity contribution >= 4 is 0 Å². The Kier molecular flexibility index (Phi) is 6.61. The van der Waals surface area contributed by atoms with Crippen LogP contribution in [0.2, 0.25) is 0 Å². The van der Waals surface area contributed by atoms with E-state index in [1.54, 1.807) is 0 Å². The highest BCUT2D eigenvalue weighted by Gasteiger charge is 2.39. The lowest BCUT2D eigenvalue weighted by Crippen LogP contribution is -2.56. The van der Waals surface area contributed by atoms with Crippen LogP contribution in [0.3, 0.4) is 0 Å². The average molecular weight is 255 g/mol. The molecule has 1 aliphatic carbocycles. The van der Waals surface area contributed by atoms with E-state index in [2.05, 4.69) is 37.9 Å². The maximum atomic E-state index is 5.59. The quantitative estimate of drug-likeness (QED) is 0.685. The van der Waals surface area contributed by atoms with Gasteiger partial charge in [0.25, 0.3) is 0 Å². The molecule has 18 heavy (non-hydrogen) atoms. The van der Waals surface area contributed by atoms with Gasteiger partial charge in [-0.2, -0.15) is 0 Å². The summed E-state index contributed by atoms with van der Waals surface area (Å²) < 4.78 is 0. The molecule has 0 aromatic rings. The SMILES string of the molecule is CC(CCN)CCCN(C)CC1(N(C)C)CCC1. The smallest absolute Gasteiger partial charge is 0.0330 e. The molecule has 3 heteroatoms. The summed E-state index contributed by atoms with van der Waals surface area (Å²) in [5.74, 6) is 0.787. The highest BCUT2D eigenvalue weighted by atomic mass is 15.2. The fourth-order valence-corrected chi connectivity index (χ4v) is 3.05. The van der Waals surface area contributed by atoms with Crippen molar-refractivity contribution in [2.45, 2.75) is 51.0 Å². The first-order chi connectivity index (χ1) is 8.50. The van der Waals surface area contributed by atoms with Crippen molar-refractivity contribution in [1.82, 2.24) is 9.80 Å². The molecule has 0 saturated heterocycles. The van der Waals surface area contributed by atoms with Crippen LogP contribution in [-0.2, 0) is 0 Å². The van der Waals surface area contributed by atoms with Crippen LogP contribution >= 0.6 is 0 Å². The van der Waals surface area contributed by atoms with E-state index >= 15 is 0 Å². The third-order valence-corrected chi connectivity index (χ3v) is 4.69. The first kappa shape index (κ1) is 15.9. The molecular weight excluding hydrogens is 222 g/mol. The largest absolute Gasteiger partial charge is 0.330 e. The summed E-state index contributed by atoms with van der Waals surface area (Å²) in [5, 5.41) is 0. The minimum absolute atomic E-state index is 0.470. The first-order valence-electron chi connectivity index (χ1n) is 7.56. The first-order valence-corrected chi connectivity index (χ1v) is 7.56. The molecule has 1 atom stereocenters. The van der Waals surface area contributed by atoms with Gasteiger partial charge in [-0.15, -0.1) is 0 Å². The summed E-state index contributed by atoms with van der Waals surface area (Å²) in [6, 6.07) is 0. The Labute approximate surface area is 114 Å². The summed E-state index contributed by atoms with van der Waals surface area (Å²) in [6.07, 6.45) is 7.93. The van der Waals surface area contributed by atoms with Gasteiger partial charge in [0.15, 0.2) is 0 Å². The van der Waals surface area contributed by atoms with Crippen LogP contribution in [0.25, 0.3) is 0 Å². The lowest BCUT2D eigenvalue weighted by molar-refractivity contribution is 0.0273. The van der Waals surface area contributed by atoms with Gasteiger partial charge in [0, 0.05) is 12.1 Å². The highest BCUT2D eigenvalue weighted by molar-refractivity contribution is 4.97. The van der Waals surface area contributed by atoms with Crippen LogP contribution in [0.5, 0.6) is 0 Å². The second kappa shape index (κ2) is 7.46. The van der Waals surface area contributed by atoms with Gasteiger partial charge in [0.1, 0.15) is 0 Å². The maximum Gasteiger partial charge on any atom is 0.0330 e. The van der Waals surface area contributed by atoms with E-state index in [1.807, 2.05) is 0 Å². The zero-order chi connectivity index (χ0) is 13.6. The summed E-state index contributed by atoms with van der Waals surface area (Å²) in [4.78, 5) is 4.96. The van der Waals surface area contributed by atoms with Crippen LogP contribution < -0.4 is 5.73 Å². The van der Waals surface area contributed by atoms with Gasteiger partial charge in [-0.05, 0) is 78.7 Å². The molecule has 1 unspecified atom stereocenters. The van der Waals surface area contributed by atoms with Crippen LogP contribution in [0.1, 0.15) is 45.4 Å². The molecule has 3 nitrogen and oxygen atoms in total. The lowest BCUT2D eigenvalue weighted by atomic mass is 9.75. The van der Waals surface area contributed by atoms with Gasteiger partial charge in [-0.25, -0.2) is 0 Å². The van der Waals surface area contributed by atoms with E-state index in [9.17, 15) is 0 Å². The molecule has 0 aliphatic heterocycles. The summed E-state index contributed by atoms with van der Waals surface area (Å²) in [7, 11) is 6.74. The van der Waals surface area contributed by atoms with Crippen LogP contribution in [0, 0.1) is 5.92 Å². The molecule has 0 aromatic carbocycles. The van der Waals surface area contributed by atoms with Crippen molar-refractivity contribution in [3.05, 3.63) is 0 Å². The Morgan fingerprint density at radius 2 is 1.83 bits per heavy atom. The van der Waals surface area contributed by atoms with Crippen LogP contribution in [-0.4, -0.2) is 56.1 Å². The molecule has 1 aliphatic rings. The monoisotopic (exact) mass is 255 g/mol. The van der Waals surface area contributed by atoms with Gasteiger partial charge in [0.2, 0.25) is 0 Å². The molecule has 1 saturated carbocycles. The van der Waals surface area contributed by atoms with Crippen LogP contribution in [0.15, 0.2) is 0 Å². The maximum absolute atomic E-state index is 5.59. The molecule has 0 aromatic heterocycles. The predicted molar refractivity (Wildman–Crippen MR) is 79.8 cm³/mol. The van der Waals surface area contributed by atoms with Crippen molar-refractivity contribution in [2.75, 3.05) is 40.8 Å². The second-order valence-electron chi connectivity index (χ2n) is 6.53. The number of hydrogen-bond donors (Lipinski definition) is 1. The van der Waals surface area contributed by atoms with Gasteiger partial charge in [-0.1, -0.05) is 6.92 Å². The number of nitrogens with two attached hydrogens (primary N) is 1. The van der Waals surface area contributed by atoms with Gasteiger partial charge < -0.3 is 15.5 Å². The van der Waals surface area contributed by atoms with Crippen molar-refractivity contribution < 1.29 is 0 Å². The Hall–Kier alpha value is -0.120. The molecule has 1 fully saturated rings. The standard InChI is InChI=1S/C15H33N3/c1-14(8-11-16)7-5-12-18(4)13-15(17(2)3)9-6-10-15/h14H,5-13,16H2,1-4H3. The zero-order valence-electron chi connectivity index (χ0n) is 12.9. The summed E-state index contributed by atoms with van der Waals surface area (Å²) >= 11 is 0. The van der Waals surface area contributed by atoms with Gasteiger partial charge in [0.05, 0.1) is 0 Å². The molecule has 1 rings (SSSR count). The third-order valence-electron chi connectivity index (χ3n) is 4.69. The normalized spacial score (nSPS) is 20.2. The summed E-state index contributed by atoms with van der Waals surface area (Å²) in [6.45, 7) is 5.61. The van der Waals surface area contributed by atoms with Crippen molar-refractivity contribution in [2.24, 2.45) is 11.7 Å². The van der Waals surface area contributed by atoms with E-state index in [1.165, 1.54) is 51.6 Å². The molecule has 0 amide bonds. The molecule has 0 spiro atoms. The molecule has 108 valence electrons. The Morgan fingerprint density at radius 1 is 1.17 bits per heavy atom. The van der Waals surface area contributed by atoms with Crippen molar-refractivity contribution in [3.63, 3.8) is 0 Å². The molecule has 2 N–H and O–H groups in total. The van der Waals surface area contributed by atoms with E-state index in [-0.39, 0.29) is 0 Å². The fraction of sp³-hybridized carbons (Fsp3) is 1.00. The minimum Gasteiger partial charge on any atom is -0.330 e. The Bertz CT molecular complexity index is 224. The van der Waals surface area contributed by atoms with Crippen molar-refractivity contribution in [1.29, 1.82) is 0 Å². The highest BCUT2D eigenvalue weighted by Crippen LogP contribution is 2.36.